The lowest BCUT2D eigenvalue weighted by Crippen LogP contribution is -2.25. The van der Waals surface area contributed by atoms with Crippen LogP contribution in [0.5, 0.6) is 0 Å². The first kappa shape index (κ1) is 12.5. The maximum Gasteiger partial charge on any atom is 0.335 e. The molecule has 1 rings (SSSR count). The highest BCUT2D eigenvalue weighted by Crippen LogP contribution is 2.19. The first-order chi connectivity index (χ1) is 7.21. The van der Waals surface area contributed by atoms with Crippen LogP contribution in [-0.4, -0.2) is 32.8 Å². The molecule has 0 bridgehead atoms. The van der Waals surface area contributed by atoms with Crippen molar-refractivity contribution < 1.29 is 18.3 Å². The van der Waals surface area contributed by atoms with Gasteiger partial charge >= 0.3 is 5.97 Å². The maximum absolute atomic E-state index is 11.3. The van der Waals surface area contributed by atoms with Gasteiger partial charge in [-0.05, 0) is 30.7 Å². The highest BCUT2D eigenvalue weighted by Gasteiger charge is 2.14. The third-order valence-electron chi connectivity index (χ3n) is 2.17. The van der Waals surface area contributed by atoms with Gasteiger partial charge in [-0.15, -0.1) is 0 Å². The Balaban J connectivity index is 3.31. The van der Waals surface area contributed by atoms with E-state index in [0.717, 1.165) is 10.6 Å². The summed E-state index contributed by atoms with van der Waals surface area (Å²) in [6.07, 6.45) is 1.07. The highest BCUT2D eigenvalue weighted by atomic mass is 32.2. The van der Waals surface area contributed by atoms with Gasteiger partial charge in [0.15, 0.2) is 0 Å². The Kier molecular flexibility index (Phi) is 3.23. The van der Waals surface area contributed by atoms with Crippen molar-refractivity contribution in [1.82, 2.24) is 0 Å². The van der Waals surface area contributed by atoms with Crippen LogP contribution < -0.4 is 4.31 Å². The number of sulfonamides is 1. The number of hydrogen-bond donors (Lipinski definition) is 1. The lowest BCUT2D eigenvalue weighted by molar-refractivity contribution is 0.0697. The van der Waals surface area contributed by atoms with Gasteiger partial charge in [-0.1, -0.05) is 0 Å². The van der Waals surface area contributed by atoms with E-state index in [-0.39, 0.29) is 5.56 Å². The highest BCUT2D eigenvalue weighted by molar-refractivity contribution is 7.92. The summed E-state index contributed by atoms with van der Waals surface area (Å²) in [5.41, 5.74) is 1.12. The Labute approximate surface area is 94.4 Å². The molecule has 88 valence electrons. The molecule has 0 saturated carbocycles. The zero-order chi connectivity index (χ0) is 12.5. The van der Waals surface area contributed by atoms with Crippen LogP contribution in [0, 0.1) is 6.92 Å². The summed E-state index contributed by atoms with van der Waals surface area (Å²) >= 11 is 0. The first-order valence-electron chi connectivity index (χ1n) is 4.50. The number of rotatable bonds is 3. The lowest BCUT2D eigenvalue weighted by atomic mass is 10.1. The summed E-state index contributed by atoms with van der Waals surface area (Å²) < 4.78 is 23.7. The average molecular weight is 243 g/mol. The minimum atomic E-state index is -3.37. The lowest BCUT2D eigenvalue weighted by Gasteiger charge is -2.17. The molecule has 0 aromatic heterocycles. The molecule has 0 amide bonds. The van der Waals surface area contributed by atoms with Gasteiger partial charge in [-0.3, -0.25) is 4.31 Å². The minimum Gasteiger partial charge on any atom is -0.478 e. The van der Waals surface area contributed by atoms with Gasteiger partial charge in [0.05, 0.1) is 17.5 Å². The number of benzene rings is 1. The van der Waals surface area contributed by atoms with Crippen LogP contribution in [-0.2, 0) is 10.0 Å². The zero-order valence-electron chi connectivity index (χ0n) is 9.26. The Morgan fingerprint density at radius 2 is 1.88 bits per heavy atom. The molecule has 16 heavy (non-hydrogen) atoms. The Bertz CT molecular complexity index is 522. The number of nitrogens with zero attached hydrogens (tertiary/aromatic N) is 1. The van der Waals surface area contributed by atoms with Crippen molar-refractivity contribution in [2.75, 3.05) is 17.6 Å². The van der Waals surface area contributed by atoms with E-state index in [1.165, 1.54) is 19.2 Å². The van der Waals surface area contributed by atoms with Gasteiger partial charge < -0.3 is 5.11 Å². The number of aryl methyl sites for hydroxylation is 1. The fourth-order valence-corrected chi connectivity index (χ4v) is 1.75. The van der Waals surface area contributed by atoms with E-state index in [1.54, 1.807) is 13.0 Å². The van der Waals surface area contributed by atoms with Crippen LogP contribution in [0.15, 0.2) is 18.2 Å². The van der Waals surface area contributed by atoms with Gasteiger partial charge in [0, 0.05) is 7.05 Å². The van der Waals surface area contributed by atoms with Gasteiger partial charge in [0.25, 0.3) is 0 Å². The van der Waals surface area contributed by atoms with Crippen LogP contribution in [0.2, 0.25) is 0 Å². The predicted octanol–water partition coefficient (Wildman–Crippen LogP) is 1.09. The van der Waals surface area contributed by atoms with Gasteiger partial charge in [-0.25, -0.2) is 13.2 Å². The van der Waals surface area contributed by atoms with Crippen molar-refractivity contribution >= 4 is 21.7 Å². The number of hydrogen-bond acceptors (Lipinski definition) is 3. The molecule has 0 atom stereocenters. The fourth-order valence-electron chi connectivity index (χ4n) is 1.26. The van der Waals surface area contributed by atoms with E-state index >= 15 is 0 Å². The van der Waals surface area contributed by atoms with E-state index in [4.69, 9.17) is 5.11 Å². The zero-order valence-corrected chi connectivity index (χ0v) is 10.1. The molecule has 0 fully saturated rings. The molecular formula is C10H13NO4S. The molecule has 1 aromatic rings. The normalized spacial score (nSPS) is 11.2. The van der Waals surface area contributed by atoms with E-state index in [9.17, 15) is 13.2 Å². The fraction of sp³-hybridized carbons (Fsp3) is 0.300. The topological polar surface area (TPSA) is 74.7 Å². The molecule has 0 aliphatic carbocycles. The monoisotopic (exact) mass is 243 g/mol. The van der Waals surface area contributed by atoms with Crippen molar-refractivity contribution in [2.24, 2.45) is 0 Å². The van der Waals surface area contributed by atoms with Crippen molar-refractivity contribution in [2.45, 2.75) is 6.92 Å². The van der Waals surface area contributed by atoms with Crippen LogP contribution in [0.4, 0.5) is 5.69 Å². The van der Waals surface area contributed by atoms with E-state index in [0.29, 0.717) is 11.3 Å². The second-order valence-corrected chi connectivity index (χ2v) is 5.61. The van der Waals surface area contributed by atoms with Crippen LogP contribution in [0.3, 0.4) is 0 Å². The van der Waals surface area contributed by atoms with E-state index < -0.39 is 16.0 Å². The van der Waals surface area contributed by atoms with Gasteiger partial charge in [-0.2, -0.15) is 0 Å². The summed E-state index contributed by atoms with van der Waals surface area (Å²) in [5, 5.41) is 8.85. The number of carbonyl (C=O) groups is 1. The summed E-state index contributed by atoms with van der Waals surface area (Å²) in [6, 6.07) is 4.44. The van der Waals surface area contributed by atoms with Crippen LogP contribution >= 0.6 is 0 Å². The third kappa shape index (κ3) is 2.73. The number of carboxylic acid groups (broad SMARTS) is 1. The molecule has 5 nitrogen and oxygen atoms in total. The van der Waals surface area contributed by atoms with E-state index in [1.807, 2.05) is 0 Å². The standard InChI is InChI=1S/C10H13NO4S/c1-7-4-8(10(12)13)6-9(5-7)11(2)16(3,14)15/h4-6H,1-3H3,(H,12,13). The Morgan fingerprint density at radius 1 is 1.31 bits per heavy atom. The quantitative estimate of drug-likeness (QED) is 0.862. The molecule has 1 aromatic carbocycles. The molecule has 0 radical (unpaired) electrons. The van der Waals surface area contributed by atoms with Crippen molar-refractivity contribution in [1.29, 1.82) is 0 Å². The van der Waals surface area contributed by atoms with Gasteiger partial charge in [0.1, 0.15) is 0 Å². The third-order valence-corrected chi connectivity index (χ3v) is 3.38. The molecule has 6 heteroatoms. The molecule has 1 N–H and O–H groups in total. The SMILES string of the molecule is Cc1cc(C(=O)O)cc(N(C)S(C)(=O)=O)c1. The number of aromatic carboxylic acids is 1. The smallest absolute Gasteiger partial charge is 0.335 e. The molecule has 0 aliphatic rings. The molecule has 0 saturated heterocycles. The maximum atomic E-state index is 11.3. The molecule has 0 heterocycles. The molecule has 0 aliphatic heterocycles. The molecule has 0 spiro atoms. The largest absolute Gasteiger partial charge is 0.478 e. The average Bonchev–Trinajstić information content (AvgIpc) is 2.14. The summed E-state index contributed by atoms with van der Waals surface area (Å²) in [7, 11) is -1.99. The van der Waals surface area contributed by atoms with Crippen molar-refractivity contribution in [3.63, 3.8) is 0 Å². The van der Waals surface area contributed by atoms with Crippen molar-refractivity contribution in [3.05, 3.63) is 29.3 Å². The Hall–Kier alpha value is -1.56. The summed E-state index contributed by atoms with van der Waals surface area (Å²) in [4.78, 5) is 10.8. The van der Waals surface area contributed by atoms with Crippen molar-refractivity contribution in [3.8, 4) is 0 Å². The van der Waals surface area contributed by atoms with Crippen LogP contribution in [0.25, 0.3) is 0 Å². The number of carboxylic acids is 1. The second-order valence-electron chi connectivity index (χ2n) is 3.59. The molecular weight excluding hydrogens is 230 g/mol. The second kappa shape index (κ2) is 4.13. The van der Waals surface area contributed by atoms with E-state index in [2.05, 4.69) is 0 Å². The number of anilines is 1. The molecule has 0 unspecified atom stereocenters. The van der Waals surface area contributed by atoms with Gasteiger partial charge in [0.2, 0.25) is 10.0 Å². The van der Waals surface area contributed by atoms with Crippen LogP contribution in [0.1, 0.15) is 15.9 Å². The summed E-state index contributed by atoms with van der Waals surface area (Å²) in [5.74, 6) is -1.08. The predicted molar refractivity (Wildman–Crippen MR) is 61.4 cm³/mol. The minimum absolute atomic E-state index is 0.0745. The Morgan fingerprint density at radius 3 is 2.31 bits per heavy atom. The summed E-state index contributed by atoms with van der Waals surface area (Å²) in [6.45, 7) is 1.71. The first-order valence-corrected chi connectivity index (χ1v) is 6.35.